The van der Waals surface area contributed by atoms with Crippen LogP contribution >= 0.6 is 23.2 Å². The molecule has 0 spiro atoms. The van der Waals surface area contributed by atoms with Gasteiger partial charge in [0.05, 0.1) is 23.1 Å². The number of carbonyl (C=O) groups is 1. The van der Waals surface area contributed by atoms with Gasteiger partial charge >= 0.3 is 0 Å². The van der Waals surface area contributed by atoms with E-state index < -0.39 is 0 Å². The largest absolute Gasteiger partial charge is 0.288 e. The second kappa shape index (κ2) is 8.03. The Kier molecular flexibility index (Phi) is 5.06. The highest BCUT2D eigenvalue weighted by Gasteiger charge is 2.22. The van der Waals surface area contributed by atoms with Crippen LogP contribution in [0.25, 0.3) is 27.7 Å². The van der Waals surface area contributed by atoms with Crippen molar-refractivity contribution in [2.75, 3.05) is 0 Å². The first-order chi connectivity index (χ1) is 15.1. The van der Waals surface area contributed by atoms with E-state index in [1.807, 2.05) is 53.2 Å². The summed E-state index contributed by atoms with van der Waals surface area (Å²) in [6, 6.07) is 28.5. The van der Waals surface area contributed by atoms with Crippen molar-refractivity contribution in [2.45, 2.75) is 0 Å². The van der Waals surface area contributed by atoms with Crippen LogP contribution in [0.2, 0.25) is 10.0 Å². The van der Waals surface area contributed by atoms with Gasteiger partial charge in [-0.05, 0) is 47.9 Å². The maximum Gasteiger partial charge on any atom is 0.196 e. The van der Waals surface area contributed by atoms with Crippen LogP contribution in [-0.4, -0.2) is 15.6 Å². The smallest absolute Gasteiger partial charge is 0.196 e. The number of aromatic nitrogens is 2. The number of rotatable bonds is 4. The zero-order chi connectivity index (χ0) is 21.4. The number of halogens is 2. The van der Waals surface area contributed by atoms with Crippen LogP contribution in [0.1, 0.15) is 15.9 Å². The minimum Gasteiger partial charge on any atom is -0.288 e. The van der Waals surface area contributed by atoms with E-state index in [-0.39, 0.29) is 5.78 Å². The average molecular weight is 443 g/mol. The summed E-state index contributed by atoms with van der Waals surface area (Å²) in [7, 11) is 0. The van der Waals surface area contributed by atoms with Crippen LogP contribution in [0.5, 0.6) is 0 Å². The summed E-state index contributed by atoms with van der Waals surface area (Å²) in [6.45, 7) is 0. The van der Waals surface area contributed by atoms with Gasteiger partial charge in [0.1, 0.15) is 0 Å². The predicted octanol–water partition coefficient (Wildman–Crippen LogP) is 7.23. The van der Waals surface area contributed by atoms with Gasteiger partial charge in [-0.1, -0.05) is 71.7 Å². The second-order valence-electron chi connectivity index (χ2n) is 7.16. The minimum atomic E-state index is -0.117. The summed E-state index contributed by atoms with van der Waals surface area (Å²) in [5.74, 6) is -0.117. The molecule has 0 bridgehead atoms. The van der Waals surface area contributed by atoms with E-state index in [0.29, 0.717) is 26.9 Å². The van der Waals surface area contributed by atoms with E-state index in [1.165, 1.54) is 0 Å². The molecule has 1 aromatic heterocycles. The van der Waals surface area contributed by atoms with E-state index in [1.54, 1.807) is 30.5 Å². The molecule has 0 amide bonds. The number of ketones is 1. The van der Waals surface area contributed by atoms with Gasteiger partial charge in [-0.25, -0.2) is 4.68 Å². The Labute approximate surface area is 189 Å². The number of hydrogen-bond donors (Lipinski definition) is 0. The van der Waals surface area contributed by atoms with Gasteiger partial charge < -0.3 is 0 Å². The van der Waals surface area contributed by atoms with Crippen molar-refractivity contribution in [3.8, 4) is 16.9 Å². The monoisotopic (exact) mass is 442 g/mol. The molecule has 31 heavy (non-hydrogen) atoms. The molecule has 0 saturated carbocycles. The topological polar surface area (TPSA) is 34.9 Å². The van der Waals surface area contributed by atoms with Gasteiger partial charge in [0.25, 0.3) is 0 Å². The Morgan fingerprint density at radius 1 is 0.742 bits per heavy atom. The molecule has 0 aliphatic rings. The molecule has 0 aliphatic carbocycles. The molecule has 0 fully saturated rings. The Morgan fingerprint density at radius 3 is 2.13 bits per heavy atom. The lowest BCUT2D eigenvalue weighted by Gasteiger charge is -2.12. The summed E-state index contributed by atoms with van der Waals surface area (Å²) in [5.41, 5.74) is 3.54. The lowest BCUT2D eigenvalue weighted by molar-refractivity contribution is 0.103. The SMILES string of the molecule is O=C(c1ccc(Cl)cc1)c1cnn(-c2cccc3ccccc23)c1-c1ccc(Cl)cc1. The zero-order valence-corrected chi connectivity index (χ0v) is 17.8. The first kappa shape index (κ1) is 19.6. The van der Waals surface area contributed by atoms with Gasteiger partial charge in [-0.3, -0.25) is 4.79 Å². The summed E-state index contributed by atoms with van der Waals surface area (Å²) in [4.78, 5) is 13.4. The Balaban J connectivity index is 1.75. The van der Waals surface area contributed by atoms with Crippen molar-refractivity contribution in [3.05, 3.63) is 118 Å². The molecule has 0 saturated heterocycles. The van der Waals surface area contributed by atoms with Crippen molar-refractivity contribution >= 4 is 39.8 Å². The summed E-state index contributed by atoms with van der Waals surface area (Å²) < 4.78 is 1.83. The molecule has 3 nitrogen and oxygen atoms in total. The third-order valence-electron chi connectivity index (χ3n) is 5.23. The number of benzene rings is 4. The summed E-state index contributed by atoms with van der Waals surface area (Å²) in [6.07, 6.45) is 1.63. The molecule has 5 aromatic rings. The summed E-state index contributed by atoms with van der Waals surface area (Å²) >= 11 is 12.1. The zero-order valence-electron chi connectivity index (χ0n) is 16.3. The van der Waals surface area contributed by atoms with E-state index in [2.05, 4.69) is 23.3 Å². The van der Waals surface area contributed by atoms with Crippen LogP contribution in [0.3, 0.4) is 0 Å². The lowest BCUT2D eigenvalue weighted by atomic mass is 9.99. The van der Waals surface area contributed by atoms with Gasteiger partial charge in [0, 0.05) is 26.6 Å². The predicted molar refractivity (Wildman–Crippen MR) is 126 cm³/mol. The third-order valence-corrected chi connectivity index (χ3v) is 5.74. The second-order valence-corrected chi connectivity index (χ2v) is 8.03. The third kappa shape index (κ3) is 3.63. The molecular formula is C26H16Cl2N2O. The fraction of sp³-hybridized carbons (Fsp3) is 0. The fourth-order valence-corrected chi connectivity index (χ4v) is 3.98. The van der Waals surface area contributed by atoms with Gasteiger partial charge in [0.2, 0.25) is 0 Å². The van der Waals surface area contributed by atoms with E-state index in [4.69, 9.17) is 23.2 Å². The lowest BCUT2D eigenvalue weighted by Crippen LogP contribution is -2.05. The van der Waals surface area contributed by atoms with Crippen molar-refractivity contribution < 1.29 is 4.79 Å². The Hall–Kier alpha value is -3.40. The van der Waals surface area contributed by atoms with Gasteiger partial charge in [-0.15, -0.1) is 0 Å². The number of fused-ring (bicyclic) bond motifs is 1. The first-order valence-corrected chi connectivity index (χ1v) is 10.5. The molecule has 0 radical (unpaired) electrons. The Morgan fingerprint density at radius 2 is 1.39 bits per heavy atom. The van der Waals surface area contributed by atoms with Crippen molar-refractivity contribution in [1.29, 1.82) is 0 Å². The maximum absolute atomic E-state index is 13.4. The molecule has 0 aliphatic heterocycles. The van der Waals surface area contributed by atoms with Crippen LogP contribution in [0.15, 0.2) is 97.2 Å². The number of hydrogen-bond acceptors (Lipinski definition) is 2. The normalized spacial score (nSPS) is 11.0. The van der Waals surface area contributed by atoms with Crippen LogP contribution < -0.4 is 0 Å². The van der Waals surface area contributed by atoms with Crippen LogP contribution in [0, 0.1) is 0 Å². The first-order valence-electron chi connectivity index (χ1n) is 9.74. The highest BCUT2D eigenvalue weighted by molar-refractivity contribution is 6.31. The number of nitrogens with zero attached hydrogens (tertiary/aromatic N) is 2. The van der Waals surface area contributed by atoms with Crippen LogP contribution in [-0.2, 0) is 0 Å². The van der Waals surface area contributed by atoms with Crippen molar-refractivity contribution in [1.82, 2.24) is 9.78 Å². The quantitative estimate of drug-likeness (QED) is 0.275. The van der Waals surface area contributed by atoms with E-state index >= 15 is 0 Å². The molecule has 5 rings (SSSR count). The number of carbonyl (C=O) groups excluding carboxylic acids is 1. The van der Waals surface area contributed by atoms with Crippen molar-refractivity contribution in [3.63, 3.8) is 0 Å². The molecule has 1 heterocycles. The average Bonchev–Trinajstić information content (AvgIpc) is 3.24. The maximum atomic E-state index is 13.4. The molecule has 150 valence electrons. The standard InChI is InChI=1S/C26H16Cl2N2O/c27-20-12-8-18(9-13-20)25-23(26(31)19-10-14-21(28)15-11-19)16-29-30(25)24-7-3-5-17-4-1-2-6-22(17)24/h1-16H. The molecule has 5 heteroatoms. The molecular weight excluding hydrogens is 427 g/mol. The molecule has 0 N–H and O–H groups in total. The highest BCUT2D eigenvalue weighted by atomic mass is 35.5. The minimum absolute atomic E-state index is 0.117. The van der Waals surface area contributed by atoms with E-state index in [0.717, 1.165) is 22.0 Å². The summed E-state index contributed by atoms with van der Waals surface area (Å²) in [5, 5.41) is 8.00. The highest BCUT2D eigenvalue weighted by Crippen LogP contribution is 2.32. The van der Waals surface area contributed by atoms with Gasteiger partial charge in [-0.2, -0.15) is 5.10 Å². The van der Waals surface area contributed by atoms with Crippen molar-refractivity contribution in [2.24, 2.45) is 0 Å². The fourth-order valence-electron chi connectivity index (χ4n) is 3.73. The molecule has 0 atom stereocenters. The van der Waals surface area contributed by atoms with Gasteiger partial charge in [0.15, 0.2) is 5.78 Å². The molecule has 0 unspecified atom stereocenters. The van der Waals surface area contributed by atoms with E-state index in [9.17, 15) is 4.79 Å². The Bertz CT molecular complexity index is 1400. The molecule has 4 aromatic carbocycles. The van der Waals surface area contributed by atoms with Crippen LogP contribution in [0.4, 0.5) is 0 Å².